The molecule has 0 saturated heterocycles. The molecule has 0 atom stereocenters. The normalized spacial score (nSPS) is 13.4. The van der Waals surface area contributed by atoms with E-state index in [4.69, 9.17) is 14.2 Å². The summed E-state index contributed by atoms with van der Waals surface area (Å²) in [5, 5.41) is 5.87. The highest BCUT2D eigenvalue weighted by Gasteiger charge is 2.56. The lowest BCUT2D eigenvalue weighted by Gasteiger charge is -2.16. The van der Waals surface area contributed by atoms with Gasteiger partial charge in [-0.25, -0.2) is 8.78 Å². The van der Waals surface area contributed by atoms with Crippen LogP contribution in [0.25, 0.3) is 10.9 Å². The Labute approximate surface area is 235 Å². The first-order chi connectivity index (χ1) is 19.8. The van der Waals surface area contributed by atoms with Crippen molar-refractivity contribution in [3.05, 3.63) is 78.5 Å². The van der Waals surface area contributed by atoms with Crippen LogP contribution in [0.2, 0.25) is 0 Å². The van der Waals surface area contributed by atoms with Crippen molar-refractivity contribution < 1.29 is 32.6 Å². The molecular formula is C31H29F2N3O5. The van der Waals surface area contributed by atoms with E-state index < -0.39 is 28.9 Å². The summed E-state index contributed by atoms with van der Waals surface area (Å²) >= 11 is 0. The van der Waals surface area contributed by atoms with Crippen LogP contribution in [0.4, 0.5) is 20.2 Å². The second kappa shape index (κ2) is 11.8. The van der Waals surface area contributed by atoms with Gasteiger partial charge in [-0.05, 0) is 67.8 Å². The van der Waals surface area contributed by atoms with E-state index in [0.717, 1.165) is 18.9 Å². The van der Waals surface area contributed by atoms with Gasteiger partial charge in [0.25, 0.3) is 0 Å². The number of unbranched alkanes of at least 4 members (excludes halogenated alkanes) is 1. The van der Waals surface area contributed by atoms with E-state index in [9.17, 15) is 14.0 Å². The smallest absolute Gasteiger partial charge is 0.240 e. The number of hydrogen-bond acceptors (Lipinski definition) is 6. The van der Waals surface area contributed by atoms with Gasteiger partial charge in [0, 0.05) is 35.1 Å². The van der Waals surface area contributed by atoms with Gasteiger partial charge in [-0.15, -0.1) is 0 Å². The lowest BCUT2D eigenvalue weighted by atomic mass is 10.0. The number of ether oxygens (including phenoxy) is 3. The monoisotopic (exact) mass is 561 g/mol. The Kier molecular flexibility index (Phi) is 8.00. The van der Waals surface area contributed by atoms with Crippen LogP contribution in [0.15, 0.2) is 66.9 Å². The molecule has 1 aromatic heterocycles. The number of halogens is 2. The summed E-state index contributed by atoms with van der Waals surface area (Å²) < 4.78 is 45.5. The molecule has 212 valence electrons. The van der Waals surface area contributed by atoms with Crippen LogP contribution in [-0.4, -0.2) is 30.5 Å². The molecule has 0 radical (unpaired) electrons. The summed E-state index contributed by atoms with van der Waals surface area (Å²) in [7, 11) is 1.54. The van der Waals surface area contributed by atoms with Crippen LogP contribution in [-0.2, 0) is 9.59 Å². The SMILES string of the molecule is CCCCOc1cc2nccc(Oc3ccc(NC(=O)C4(C(=O)Nc5ccc(F)cc5)CC4)cc3F)c2cc1OC. The number of aromatic nitrogens is 1. The molecule has 3 aromatic carbocycles. The Bertz CT molecular complexity index is 1590. The predicted molar refractivity (Wildman–Crippen MR) is 150 cm³/mol. The maximum atomic E-state index is 15.1. The molecule has 4 aromatic rings. The molecule has 0 spiro atoms. The second-order valence-corrected chi connectivity index (χ2v) is 9.78. The summed E-state index contributed by atoms with van der Waals surface area (Å²) in [5.74, 6) is -0.831. The van der Waals surface area contributed by atoms with Gasteiger partial charge >= 0.3 is 0 Å². The first kappa shape index (κ1) is 27.8. The molecule has 1 aliphatic carbocycles. The van der Waals surface area contributed by atoms with Crippen molar-refractivity contribution in [3.63, 3.8) is 0 Å². The Hall–Kier alpha value is -4.73. The zero-order valence-electron chi connectivity index (χ0n) is 22.6. The lowest BCUT2D eigenvalue weighted by molar-refractivity contribution is -0.131. The van der Waals surface area contributed by atoms with Gasteiger partial charge in [0.2, 0.25) is 11.8 Å². The van der Waals surface area contributed by atoms with E-state index in [1.165, 1.54) is 43.5 Å². The van der Waals surface area contributed by atoms with Crippen LogP contribution in [0.1, 0.15) is 32.6 Å². The van der Waals surface area contributed by atoms with Crippen molar-refractivity contribution in [2.24, 2.45) is 5.41 Å². The van der Waals surface area contributed by atoms with Crippen molar-refractivity contribution in [2.75, 3.05) is 24.4 Å². The largest absolute Gasteiger partial charge is 0.493 e. The van der Waals surface area contributed by atoms with Crippen LogP contribution in [0.5, 0.6) is 23.0 Å². The molecule has 1 aliphatic rings. The molecule has 5 rings (SSSR count). The highest BCUT2D eigenvalue weighted by Crippen LogP contribution is 2.47. The number of hydrogen-bond donors (Lipinski definition) is 2. The number of fused-ring (bicyclic) bond motifs is 1. The fourth-order valence-corrected chi connectivity index (χ4v) is 4.31. The van der Waals surface area contributed by atoms with E-state index in [-0.39, 0.29) is 11.4 Å². The quantitative estimate of drug-likeness (QED) is 0.154. The molecule has 10 heteroatoms. The Morgan fingerprint density at radius 3 is 2.24 bits per heavy atom. The minimum Gasteiger partial charge on any atom is -0.493 e. The van der Waals surface area contributed by atoms with Gasteiger partial charge in [0.15, 0.2) is 23.1 Å². The summed E-state index contributed by atoms with van der Waals surface area (Å²) in [5.41, 5.74) is -0.123. The van der Waals surface area contributed by atoms with Crippen molar-refractivity contribution in [1.82, 2.24) is 4.98 Å². The summed E-state index contributed by atoms with van der Waals surface area (Å²) in [6.07, 6.45) is 4.14. The molecule has 0 aliphatic heterocycles. The van der Waals surface area contributed by atoms with Gasteiger partial charge in [-0.3, -0.25) is 14.6 Å². The maximum absolute atomic E-state index is 15.1. The molecular weight excluding hydrogens is 532 g/mol. The molecule has 2 N–H and O–H groups in total. The summed E-state index contributed by atoms with van der Waals surface area (Å²) in [6.45, 7) is 2.62. The van der Waals surface area contributed by atoms with Crippen LogP contribution < -0.4 is 24.8 Å². The number of pyridine rings is 1. The molecule has 0 unspecified atom stereocenters. The van der Waals surface area contributed by atoms with E-state index in [1.54, 1.807) is 24.4 Å². The molecule has 0 bridgehead atoms. The third kappa shape index (κ3) is 6.06. The van der Waals surface area contributed by atoms with Crippen LogP contribution in [0.3, 0.4) is 0 Å². The van der Waals surface area contributed by atoms with Gasteiger partial charge in [-0.1, -0.05) is 13.3 Å². The molecule has 2 amide bonds. The van der Waals surface area contributed by atoms with Gasteiger partial charge in [0.05, 0.1) is 19.2 Å². The van der Waals surface area contributed by atoms with Crippen molar-refractivity contribution >= 4 is 34.1 Å². The third-order valence-corrected chi connectivity index (χ3v) is 6.87. The first-order valence-electron chi connectivity index (χ1n) is 13.3. The number of anilines is 2. The first-order valence-corrected chi connectivity index (χ1v) is 13.3. The highest BCUT2D eigenvalue weighted by atomic mass is 19.1. The van der Waals surface area contributed by atoms with E-state index in [1.807, 2.05) is 0 Å². The Balaban J connectivity index is 1.29. The fraction of sp³-hybridized carbons (Fsp3) is 0.258. The molecule has 1 heterocycles. The minimum atomic E-state index is -1.27. The van der Waals surface area contributed by atoms with Gasteiger partial charge < -0.3 is 24.8 Å². The fourth-order valence-electron chi connectivity index (χ4n) is 4.31. The number of carbonyl (C=O) groups is 2. The van der Waals surface area contributed by atoms with E-state index >= 15 is 4.39 Å². The molecule has 1 fully saturated rings. The van der Waals surface area contributed by atoms with Crippen molar-refractivity contribution in [1.29, 1.82) is 0 Å². The molecule has 8 nitrogen and oxygen atoms in total. The Morgan fingerprint density at radius 2 is 1.59 bits per heavy atom. The number of carbonyl (C=O) groups excluding carboxylic acids is 2. The number of methoxy groups -OCH3 is 1. The van der Waals surface area contributed by atoms with Gasteiger partial charge in [0.1, 0.15) is 17.0 Å². The number of amides is 2. The Morgan fingerprint density at radius 1 is 0.878 bits per heavy atom. The number of nitrogens with zero attached hydrogens (tertiary/aromatic N) is 1. The summed E-state index contributed by atoms with van der Waals surface area (Å²) in [6, 6.07) is 14.4. The van der Waals surface area contributed by atoms with Crippen molar-refractivity contribution in [2.45, 2.75) is 32.6 Å². The highest BCUT2D eigenvalue weighted by molar-refractivity contribution is 6.16. The average Bonchev–Trinajstić information content (AvgIpc) is 3.78. The third-order valence-electron chi connectivity index (χ3n) is 6.87. The number of rotatable bonds is 11. The zero-order chi connectivity index (χ0) is 29.0. The minimum absolute atomic E-state index is 0.0621. The number of nitrogens with one attached hydrogen (secondary N) is 2. The van der Waals surface area contributed by atoms with Crippen LogP contribution in [0, 0.1) is 17.0 Å². The maximum Gasteiger partial charge on any atom is 0.240 e. The average molecular weight is 562 g/mol. The van der Waals surface area contributed by atoms with Crippen LogP contribution >= 0.6 is 0 Å². The van der Waals surface area contributed by atoms with E-state index in [2.05, 4.69) is 22.5 Å². The summed E-state index contributed by atoms with van der Waals surface area (Å²) in [4.78, 5) is 30.2. The molecule has 41 heavy (non-hydrogen) atoms. The second-order valence-electron chi connectivity index (χ2n) is 9.78. The lowest BCUT2D eigenvalue weighted by Crippen LogP contribution is -2.35. The number of benzene rings is 3. The zero-order valence-corrected chi connectivity index (χ0v) is 22.6. The standard InChI is InChI=1S/C31H29F2N3O5/c1-3-4-15-40-28-18-24-22(17-27(28)39-2)25(11-14-34-24)41-26-10-9-21(16-23(26)33)36-30(38)31(12-13-31)29(37)35-20-7-5-19(32)6-8-20/h5-11,14,16-18H,3-4,12-13,15H2,1-2H3,(H,35,37)(H,36,38). The van der Waals surface area contributed by atoms with Crippen molar-refractivity contribution in [3.8, 4) is 23.0 Å². The topological polar surface area (TPSA) is 98.8 Å². The van der Waals surface area contributed by atoms with E-state index in [0.29, 0.717) is 53.3 Å². The van der Waals surface area contributed by atoms with Gasteiger partial charge in [-0.2, -0.15) is 0 Å². The molecule has 1 saturated carbocycles. The predicted octanol–water partition coefficient (Wildman–Crippen LogP) is 6.85.